The fraction of sp³-hybridized carbons (Fsp3) is 0.688. The number of aromatic nitrogens is 1. The summed E-state index contributed by atoms with van der Waals surface area (Å²) in [5, 5.41) is 13.6. The Morgan fingerprint density at radius 3 is 2.68 bits per heavy atom. The maximum absolute atomic E-state index is 10.1. The minimum Gasteiger partial charge on any atom is -0.390 e. The largest absolute Gasteiger partial charge is 0.390 e. The first-order valence-corrected chi connectivity index (χ1v) is 9.09. The summed E-state index contributed by atoms with van der Waals surface area (Å²) in [5.41, 5.74) is -0.490. The fourth-order valence-corrected chi connectivity index (χ4v) is 3.68. The molecule has 0 atom stereocenters. The predicted molar refractivity (Wildman–Crippen MR) is 96.5 cm³/mol. The van der Waals surface area contributed by atoms with Crippen LogP contribution < -0.4 is 10.2 Å². The zero-order valence-electron chi connectivity index (χ0n) is 13.0. The molecule has 1 aliphatic heterocycles. The third-order valence-electron chi connectivity index (χ3n) is 4.53. The maximum atomic E-state index is 10.1. The summed E-state index contributed by atoms with van der Waals surface area (Å²) in [7, 11) is 0. The standard InChI is InChI=1S/C16H24IN3O2/c1-16(21)4-2-13(3-5-16)18-14-10-12(17)11-15(19-14)20-6-8-22-9-7-20/h10-11,13,21H,2-9H2,1H3,(H,18,19)/t13-,16-. The van der Waals surface area contributed by atoms with Crippen LogP contribution in [-0.4, -0.2) is 48.0 Å². The normalized spacial score (nSPS) is 29.4. The molecule has 0 unspecified atom stereocenters. The van der Waals surface area contributed by atoms with Crippen molar-refractivity contribution in [3.05, 3.63) is 15.7 Å². The van der Waals surface area contributed by atoms with E-state index in [-0.39, 0.29) is 0 Å². The number of nitrogens with one attached hydrogen (secondary N) is 1. The van der Waals surface area contributed by atoms with Crippen molar-refractivity contribution >= 4 is 34.2 Å². The van der Waals surface area contributed by atoms with Gasteiger partial charge in [-0.1, -0.05) is 0 Å². The van der Waals surface area contributed by atoms with Crippen LogP contribution in [0.2, 0.25) is 0 Å². The molecule has 22 heavy (non-hydrogen) atoms. The van der Waals surface area contributed by atoms with E-state index in [0.717, 1.165) is 63.6 Å². The number of ether oxygens (including phenoxy) is 1. The molecule has 2 N–H and O–H groups in total. The molecule has 2 heterocycles. The first-order chi connectivity index (χ1) is 10.5. The number of hydrogen-bond acceptors (Lipinski definition) is 5. The average Bonchev–Trinajstić information content (AvgIpc) is 2.50. The number of hydrogen-bond donors (Lipinski definition) is 2. The van der Waals surface area contributed by atoms with Crippen LogP contribution in [0.4, 0.5) is 11.6 Å². The van der Waals surface area contributed by atoms with Gasteiger partial charge in [0.25, 0.3) is 0 Å². The predicted octanol–water partition coefficient (Wildman–Crippen LogP) is 2.63. The molecule has 1 saturated carbocycles. The summed E-state index contributed by atoms with van der Waals surface area (Å²) >= 11 is 2.35. The molecule has 2 fully saturated rings. The first-order valence-electron chi connectivity index (χ1n) is 8.01. The Balaban J connectivity index is 1.67. The van der Waals surface area contributed by atoms with Crippen LogP contribution in [0, 0.1) is 3.57 Å². The van der Waals surface area contributed by atoms with Gasteiger partial charge in [-0.15, -0.1) is 0 Å². The van der Waals surface area contributed by atoms with Crippen LogP contribution >= 0.6 is 22.6 Å². The summed E-state index contributed by atoms with van der Waals surface area (Å²) in [4.78, 5) is 7.06. The Kier molecular flexibility index (Phi) is 5.09. The van der Waals surface area contributed by atoms with Crippen molar-refractivity contribution in [2.75, 3.05) is 36.5 Å². The van der Waals surface area contributed by atoms with Gasteiger partial charge in [0.2, 0.25) is 0 Å². The fourth-order valence-electron chi connectivity index (χ4n) is 3.11. The number of rotatable bonds is 3. The molecule has 1 saturated heterocycles. The van der Waals surface area contributed by atoms with Crippen molar-refractivity contribution < 1.29 is 9.84 Å². The molecule has 2 aliphatic rings. The highest BCUT2D eigenvalue weighted by atomic mass is 127. The lowest BCUT2D eigenvalue weighted by atomic mass is 9.84. The highest BCUT2D eigenvalue weighted by Gasteiger charge is 2.28. The van der Waals surface area contributed by atoms with Crippen molar-refractivity contribution in [3.63, 3.8) is 0 Å². The smallest absolute Gasteiger partial charge is 0.132 e. The van der Waals surface area contributed by atoms with E-state index in [0.29, 0.717) is 6.04 Å². The number of nitrogens with zero attached hydrogens (tertiary/aromatic N) is 2. The van der Waals surface area contributed by atoms with Crippen molar-refractivity contribution in [1.29, 1.82) is 0 Å². The zero-order valence-corrected chi connectivity index (χ0v) is 15.2. The Hall–Kier alpha value is -0.600. The van der Waals surface area contributed by atoms with E-state index >= 15 is 0 Å². The molecule has 0 aromatic carbocycles. The van der Waals surface area contributed by atoms with Gasteiger partial charge in [0.15, 0.2) is 0 Å². The molecule has 1 aliphatic carbocycles. The maximum Gasteiger partial charge on any atom is 0.132 e. The first kappa shape index (κ1) is 16.3. The van der Waals surface area contributed by atoms with Gasteiger partial charge in [0.1, 0.15) is 11.6 Å². The Labute approximate surface area is 145 Å². The zero-order chi connectivity index (χ0) is 15.6. The molecule has 0 amide bonds. The van der Waals surface area contributed by atoms with Gasteiger partial charge < -0.3 is 20.1 Å². The van der Waals surface area contributed by atoms with Gasteiger partial charge in [-0.2, -0.15) is 0 Å². The van der Waals surface area contributed by atoms with Gasteiger partial charge in [0, 0.05) is 22.7 Å². The third-order valence-corrected chi connectivity index (χ3v) is 5.15. The Morgan fingerprint density at radius 2 is 2.00 bits per heavy atom. The molecule has 1 aromatic rings. The Bertz CT molecular complexity index is 508. The monoisotopic (exact) mass is 417 g/mol. The van der Waals surface area contributed by atoms with Gasteiger partial charge in [-0.25, -0.2) is 4.98 Å². The van der Waals surface area contributed by atoms with E-state index in [1.54, 1.807) is 0 Å². The van der Waals surface area contributed by atoms with E-state index in [9.17, 15) is 5.11 Å². The van der Waals surface area contributed by atoms with Gasteiger partial charge in [-0.3, -0.25) is 0 Å². The molecular weight excluding hydrogens is 393 g/mol. The van der Waals surface area contributed by atoms with Gasteiger partial charge in [0.05, 0.1) is 18.8 Å². The molecule has 1 aromatic heterocycles. The average molecular weight is 417 g/mol. The molecule has 3 rings (SSSR count). The topological polar surface area (TPSA) is 57.6 Å². The van der Waals surface area contributed by atoms with E-state index in [1.165, 1.54) is 3.57 Å². The lowest BCUT2D eigenvalue weighted by Gasteiger charge is -2.34. The summed E-state index contributed by atoms with van der Waals surface area (Å²) < 4.78 is 6.61. The minimum absolute atomic E-state index is 0.406. The highest BCUT2D eigenvalue weighted by Crippen LogP contribution is 2.30. The van der Waals surface area contributed by atoms with E-state index in [1.807, 2.05) is 6.92 Å². The second-order valence-electron chi connectivity index (χ2n) is 6.54. The lowest BCUT2D eigenvalue weighted by molar-refractivity contribution is 0.0196. The molecule has 6 heteroatoms. The second kappa shape index (κ2) is 6.88. The van der Waals surface area contributed by atoms with Crippen LogP contribution in [0.3, 0.4) is 0 Å². The van der Waals surface area contributed by atoms with Crippen LogP contribution in [-0.2, 0) is 4.74 Å². The molecule has 0 spiro atoms. The van der Waals surface area contributed by atoms with Crippen molar-refractivity contribution in [1.82, 2.24) is 4.98 Å². The molecule has 0 radical (unpaired) electrons. The van der Waals surface area contributed by atoms with Crippen LogP contribution in [0.15, 0.2) is 12.1 Å². The number of anilines is 2. The molecule has 0 bridgehead atoms. The molecular formula is C16H24IN3O2. The Morgan fingerprint density at radius 1 is 1.32 bits per heavy atom. The quantitative estimate of drug-likeness (QED) is 0.741. The summed E-state index contributed by atoms with van der Waals surface area (Å²) in [6, 6.07) is 4.63. The van der Waals surface area contributed by atoms with Crippen molar-refractivity contribution in [2.45, 2.75) is 44.2 Å². The van der Waals surface area contributed by atoms with Crippen LogP contribution in [0.5, 0.6) is 0 Å². The SMILES string of the molecule is C[C@]1(O)CC[C@H](Nc2cc(I)cc(N3CCOCC3)n2)CC1. The van der Waals surface area contributed by atoms with E-state index in [4.69, 9.17) is 9.72 Å². The van der Waals surface area contributed by atoms with E-state index in [2.05, 4.69) is 44.9 Å². The number of morpholine rings is 1. The third kappa shape index (κ3) is 4.23. The summed E-state index contributed by atoms with van der Waals surface area (Å²) in [5.74, 6) is 1.97. The number of pyridine rings is 1. The molecule has 5 nitrogen and oxygen atoms in total. The van der Waals surface area contributed by atoms with Gasteiger partial charge >= 0.3 is 0 Å². The van der Waals surface area contributed by atoms with Crippen molar-refractivity contribution in [2.24, 2.45) is 0 Å². The number of halogens is 1. The second-order valence-corrected chi connectivity index (χ2v) is 7.79. The molecule has 122 valence electrons. The highest BCUT2D eigenvalue weighted by molar-refractivity contribution is 14.1. The summed E-state index contributed by atoms with van der Waals surface area (Å²) in [6.45, 7) is 5.28. The number of aliphatic hydroxyl groups is 1. The van der Waals surface area contributed by atoms with Crippen LogP contribution in [0.25, 0.3) is 0 Å². The van der Waals surface area contributed by atoms with Crippen LogP contribution in [0.1, 0.15) is 32.6 Å². The van der Waals surface area contributed by atoms with E-state index < -0.39 is 5.60 Å². The van der Waals surface area contributed by atoms with Crippen molar-refractivity contribution in [3.8, 4) is 0 Å². The van der Waals surface area contributed by atoms with Gasteiger partial charge in [-0.05, 0) is 67.3 Å². The lowest BCUT2D eigenvalue weighted by Crippen LogP contribution is -2.37. The minimum atomic E-state index is -0.490. The summed E-state index contributed by atoms with van der Waals surface area (Å²) in [6.07, 6.45) is 3.69.